The van der Waals surface area contributed by atoms with Gasteiger partial charge >= 0.3 is 0 Å². The predicted octanol–water partition coefficient (Wildman–Crippen LogP) is 0.279. The topological polar surface area (TPSA) is 76.8 Å². The summed E-state index contributed by atoms with van der Waals surface area (Å²) in [5.74, 6) is 1.09. The van der Waals surface area contributed by atoms with Crippen molar-refractivity contribution in [2.75, 3.05) is 39.4 Å². The average Bonchev–Trinajstić information content (AvgIpc) is 2.76. The lowest BCUT2D eigenvalue weighted by Gasteiger charge is -2.29. The summed E-state index contributed by atoms with van der Waals surface area (Å²) in [7, 11) is 0. The Balaban J connectivity index is 1.87. The van der Waals surface area contributed by atoms with Gasteiger partial charge in [-0.1, -0.05) is 6.07 Å². The van der Waals surface area contributed by atoms with Crippen molar-refractivity contribution in [1.82, 2.24) is 10.2 Å². The lowest BCUT2D eigenvalue weighted by Crippen LogP contribution is -2.39. The molecule has 2 aliphatic rings. The Kier molecular flexibility index (Phi) is 4.26. The SMILES string of the molecule is NC(=O)C(c1ccc2c(c1)OCCO2)N1CCCNCC1. The van der Waals surface area contributed by atoms with Gasteiger partial charge < -0.3 is 20.5 Å². The second kappa shape index (κ2) is 6.32. The highest BCUT2D eigenvalue weighted by Crippen LogP contribution is 2.34. The van der Waals surface area contributed by atoms with Gasteiger partial charge in [0.05, 0.1) is 0 Å². The Morgan fingerprint density at radius 2 is 2.00 bits per heavy atom. The maximum absolute atomic E-state index is 12.0. The van der Waals surface area contributed by atoms with Crippen molar-refractivity contribution >= 4 is 5.91 Å². The Morgan fingerprint density at radius 3 is 2.81 bits per heavy atom. The molecule has 0 saturated carbocycles. The first-order valence-corrected chi connectivity index (χ1v) is 7.39. The van der Waals surface area contributed by atoms with Gasteiger partial charge in [0.1, 0.15) is 19.3 Å². The third-order valence-corrected chi connectivity index (χ3v) is 3.89. The van der Waals surface area contributed by atoms with Crippen molar-refractivity contribution in [1.29, 1.82) is 0 Å². The van der Waals surface area contributed by atoms with E-state index in [1.165, 1.54) is 0 Å². The molecule has 2 heterocycles. The fraction of sp³-hybridized carbons (Fsp3) is 0.533. The average molecular weight is 291 g/mol. The molecule has 0 spiro atoms. The highest BCUT2D eigenvalue weighted by atomic mass is 16.6. The number of nitrogens with zero attached hydrogens (tertiary/aromatic N) is 1. The van der Waals surface area contributed by atoms with Crippen LogP contribution < -0.4 is 20.5 Å². The molecule has 114 valence electrons. The first-order chi connectivity index (χ1) is 10.3. The van der Waals surface area contributed by atoms with Crippen LogP contribution in [-0.2, 0) is 4.79 Å². The van der Waals surface area contributed by atoms with Gasteiger partial charge in [-0.3, -0.25) is 9.69 Å². The number of primary amides is 1. The minimum Gasteiger partial charge on any atom is -0.486 e. The molecule has 2 aliphatic heterocycles. The molecule has 3 rings (SSSR count). The highest BCUT2D eigenvalue weighted by molar-refractivity contribution is 5.81. The van der Waals surface area contributed by atoms with E-state index in [1.807, 2.05) is 18.2 Å². The number of carbonyl (C=O) groups is 1. The number of carbonyl (C=O) groups excluding carboxylic acids is 1. The van der Waals surface area contributed by atoms with Crippen molar-refractivity contribution in [2.45, 2.75) is 12.5 Å². The fourth-order valence-electron chi connectivity index (χ4n) is 2.91. The van der Waals surface area contributed by atoms with E-state index in [0.717, 1.165) is 43.9 Å². The molecule has 0 aromatic heterocycles. The van der Waals surface area contributed by atoms with E-state index in [4.69, 9.17) is 15.2 Å². The third kappa shape index (κ3) is 3.11. The molecule has 1 saturated heterocycles. The van der Waals surface area contributed by atoms with E-state index in [0.29, 0.717) is 19.0 Å². The zero-order valence-corrected chi connectivity index (χ0v) is 12.0. The standard InChI is InChI=1S/C15H21N3O3/c16-15(19)14(18-6-1-4-17-5-7-18)11-2-3-12-13(10-11)21-9-8-20-12/h2-3,10,14,17H,1,4-9H2,(H2,16,19). The van der Waals surface area contributed by atoms with Crippen LogP contribution in [0, 0.1) is 0 Å². The normalized spacial score (nSPS) is 20.6. The fourth-order valence-corrected chi connectivity index (χ4v) is 2.91. The van der Waals surface area contributed by atoms with Crippen LogP contribution in [-0.4, -0.2) is 50.2 Å². The highest BCUT2D eigenvalue weighted by Gasteiger charge is 2.27. The Bertz CT molecular complexity index is 513. The molecule has 1 unspecified atom stereocenters. The van der Waals surface area contributed by atoms with Gasteiger partial charge in [-0.2, -0.15) is 0 Å². The van der Waals surface area contributed by atoms with Gasteiger partial charge in [-0.25, -0.2) is 0 Å². The molecule has 1 amide bonds. The van der Waals surface area contributed by atoms with Crippen LogP contribution in [0.2, 0.25) is 0 Å². The zero-order valence-electron chi connectivity index (χ0n) is 12.0. The summed E-state index contributed by atoms with van der Waals surface area (Å²) in [6.45, 7) is 4.60. The maximum atomic E-state index is 12.0. The molecule has 1 atom stereocenters. The van der Waals surface area contributed by atoms with Crippen LogP contribution >= 0.6 is 0 Å². The number of amides is 1. The van der Waals surface area contributed by atoms with Crippen LogP contribution in [0.25, 0.3) is 0 Å². The molecule has 0 aliphatic carbocycles. The molecule has 0 bridgehead atoms. The zero-order chi connectivity index (χ0) is 14.7. The quantitative estimate of drug-likeness (QED) is 0.836. The summed E-state index contributed by atoms with van der Waals surface area (Å²) >= 11 is 0. The number of benzene rings is 1. The summed E-state index contributed by atoms with van der Waals surface area (Å²) in [4.78, 5) is 14.1. The number of ether oxygens (including phenoxy) is 2. The molecule has 0 radical (unpaired) electrons. The van der Waals surface area contributed by atoms with Crippen LogP contribution in [0.1, 0.15) is 18.0 Å². The second-order valence-electron chi connectivity index (χ2n) is 5.35. The second-order valence-corrected chi connectivity index (χ2v) is 5.35. The van der Waals surface area contributed by atoms with E-state index in [-0.39, 0.29) is 5.91 Å². The van der Waals surface area contributed by atoms with E-state index in [1.54, 1.807) is 0 Å². The smallest absolute Gasteiger partial charge is 0.239 e. The Morgan fingerprint density at radius 1 is 1.19 bits per heavy atom. The lowest BCUT2D eigenvalue weighted by molar-refractivity contribution is -0.123. The van der Waals surface area contributed by atoms with Crippen molar-refractivity contribution in [2.24, 2.45) is 5.73 Å². The van der Waals surface area contributed by atoms with Crippen molar-refractivity contribution in [3.8, 4) is 11.5 Å². The Hall–Kier alpha value is -1.79. The van der Waals surface area contributed by atoms with Crippen molar-refractivity contribution < 1.29 is 14.3 Å². The first kappa shape index (κ1) is 14.2. The van der Waals surface area contributed by atoms with Crippen molar-refractivity contribution in [3.63, 3.8) is 0 Å². The largest absolute Gasteiger partial charge is 0.486 e. The summed E-state index contributed by atoms with van der Waals surface area (Å²) < 4.78 is 11.1. The summed E-state index contributed by atoms with van der Waals surface area (Å²) in [5, 5.41) is 3.33. The van der Waals surface area contributed by atoms with Gasteiger partial charge in [-0.05, 0) is 30.7 Å². The van der Waals surface area contributed by atoms with Gasteiger partial charge in [0.2, 0.25) is 5.91 Å². The van der Waals surface area contributed by atoms with E-state index in [9.17, 15) is 4.79 Å². The predicted molar refractivity (Wildman–Crippen MR) is 78.4 cm³/mol. The number of nitrogens with one attached hydrogen (secondary N) is 1. The number of hydrogen-bond acceptors (Lipinski definition) is 5. The molecular weight excluding hydrogens is 270 g/mol. The van der Waals surface area contributed by atoms with Crippen LogP contribution in [0.4, 0.5) is 0 Å². The minimum atomic E-state index is -0.416. The number of hydrogen-bond donors (Lipinski definition) is 2. The molecular formula is C15H21N3O3. The van der Waals surface area contributed by atoms with Gasteiger partial charge in [0.25, 0.3) is 0 Å². The van der Waals surface area contributed by atoms with Crippen LogP contribution in [0.3, 0.4) is 0 Å². The first-order valence-electron chi connectivity index (χ1n) is 7.39. The Labute approximate surface area is 124 Å². The monoisotopic (exact) mass is 291 g/mol. The van der Waals surface area contributed by atoms with Gasteiger partial charge in [0, 0.05) is 19.6 Å². The van der Waals surface area contributed by atoms with Gasteiger partial charge in [0.15, 0.2) is 11.5 Å². The number of fused-ring (bicyclic) bond motifs is 1. The molecule has 3 N–H and O–H groups in total. The summed E-state index contributed by atoms with van der Waals surface area (Å²) in [6, 6.07) is 5.22. The number of rotatable bonds is 3. The molecule has 6 nitrogen and oxygen atoms in total. The van der Waals surface area contributed by atoms with Crippen LogP contribution in [0.5, 0.6) is 11.5 Å². The molecule has 1 aromatic carbocycles. The molecule has 1 aromatic rings. The lowest BCUT2D eigenvalue weighted by atomic mass is 10.0. The number of nitrogens with two attached hydrogens (primary N) is 1. The molecule has 1 fully saturated rings. The van der Waals surface area contributed by atoms with E-state index >= 15 is 0 Å². The van der Waals surface area contributed by atoms with Crippen molar-refractivity contribution in [3.05, 3.63) is 23.8 Å². The minimum absolute atomic E-state index is 0.325. The molecule has 21 heavy (non-hydrogen) atoms. The molecule has 6 heteroatoms. The summed E-state index contributed by atoms with van der Waals surface area (Å²) in [6.07, 6.45) is 1.01. The van der Waals surface area contributed by atoms with Crippen LogP contribution in [0.15, 0.2) is 18.2 Å². The van der Waals surface area contributed by atoms with E-state index in [2.05, 4.69) is 10.2 Å². The maximum Gasteiger partial charge on any atom is 0.239 e. The van der Waals surface area contributed by atoms with Gasteiger partial charge in [-0.15, -0.1) is 0 Å². The van der Waals surface area contributed by atoms with E-state index < -0.39 is 6.04 Å². The summed E-state index contributed by atoms with van der Waals surface area (Å²) in [5.41, 5.74) is 6.52. The third-order valence-electron chi connectivity index (χ3n) is 3.89.